The highest BCUT2D eigenvalue weighted by atomic mass is 16.6. The lowest BCUT2D eigenvalue weighted by Crippen LogP contribution is -2.13. The van der Waals surface area contributed by atoms with Gasteiger partial charge >= 0.3 is 5.97 Å². The second-order valence-corrected chi connectivity index (χ2v) is 4.16. The Kier molecular flexibility index (Phi) is 4.59. The highest BCUT2D eigenvalue weighted by Gasteiger charge is 2.12. The minimum absolute atomic E-state index is 0.0519. The molecule has 0 heterocycles. The maximum absolute atomic E-state index is 11.7. The van der Waals surface area contributed by atoms with Gasteiger partial charge in [-0.05, 0) is 39.0 Å². The van der Waals surface area contributed by atoms with E-state index in [-0.39, 0.29) is 11.8 Å². The number of benzene rings is 1. The number of hydrogen-bond acceptors (Lipinski definition) is 4. The Balaban J connectivity index is 2.73. The normalized spacial score (nSPS) is 11.5. The summed E-state index contributed by atoms with van der Waals surface area (Å²) >= 11 is 0. The van der Waals surface area contributed by atoms with Gasteiger partial charge in [-0.25, -0.2) is 4.79 Å². The fourth-order valence-electron chi connectivity index (χ4n) is 1.46. The molecule has 0 saturated heterocycles. The van der Waals surface area contributed by atoms with Crippen molar-refractivity contribution >= 4 is 11.7 Å². The average Bonchev–Trinajstić information content (AvgIpc) is 2.27. The van der Waals surface area contributed by atoms with Crippen LogP contribution >= 0.6 is 0 Å². The van der Waals surface area contributed by atoms with Crippen LogP contribution < -0.4 is 0 Å². The molecule has 0 aromatic heterocycles. The minimum Gasteiger partial charge on any atom is -0.455 e. The van der Waals surface area contributed by atoms with Gasteiger partial charge in [-0.2, -0.15) is 0 Å². The molecule has 1 unspecified atom stereocenters. The molecule has 0 bridgehead atoms. The number of rotatable bonds is 4. The molecule has 1 atom stereocenters. The van der Waals surface area contributed by atoms with Crippen molar-refractivity contribution in [3.8, 4) is 0 Å². The Morgan fingerprint density at radius 1 is 1.33 bits per heavy atom. The largest absolute Gasteiger partial charge is 0.455 e. The quantitative estimate of drug-likeness (QED) is 0.356. The lowest BCUT2D eigenvalue weighted by molar-refractivity contribution is -0.384. The molecule has 18 heavy (non-hydrogen) atoms. The van der Waals surface area contributed by atoms with E-state index in [0.717, 1.165) is 5.57 Å². The van der Waals surface area contributed by atoms with Crippen molar-refractivity contribution in [2.75, 3.05) is 0 Å². The summed E-state index contributed by atoms with van der Waals surface area (Å²) in [6.07, 6.45) is 1.50. The summed E-state index contributed by atoms with van der Waals surface area (Å²) in [5, 5.41) is 10.5. The molecule has 1 rings (SSSR count). The number of nitro benzene ring substituents is 1. The Morgan fingerprint density at radius 3 is 2.33 bits per heavy atom. The van der Waals surface area contributed by atoms with Crippen molar-refractivity contribution in [3.05, 3.63) is 51.6 Å². The minimum atomic E-state index is -0.513. The average molecular weight is 249 g/mol. The van der Waals surface area contributed by atoms with E-state index in [0.29, 0.717) is 5.56 Å². The number of non-ortho nitro benzene ring substituents is 1. The maximum atomic E-state index is 11.7. The molecule has 1 aromatic rings. The molecule has 0 saturated carbocycles. The molecular formula is C13H15NO4. The monoisotopic (exact) mass is 249 g/mol. The molecule has 5 heteroatoms. The van der Waals surface area contributed by atoms with Gasteiger partial charge in [0.15, 0.2) is 0 Å². The summed E-state index contributed by atoms with van der Waals surface area (Å²) in [5.74, 6) is -0.491. The molecule has 0 aliphatic carbocycles. The van der Waals surface area contributed by atoms with Crippen molar-refractivity contribution in [3.63, 3.8) is 0 Å². The second-order valence-electron chi connectivity index (χ2n) is 4.16. The van der Waals surface area contributed by atoms with Crippen LogP contribution in [0.4, 0.5) is 5.69 Å². The van der Waals surface area contributed by atoms with Gasteiger partial charge in [-0.15, -0.1) is 0 Å². The standard InChI is InChI=1S/C13H15NO4/c1-9(2)8-10(3)18-13(15)11-4-6-12(7-5-11)14(16)17/h4-8,10H,1-3H3. The SMILES string of the molecule is CC(C)=CC(C)OC(=O)c1ccc([N+](=O)[O-])cc1. The van der Waals surface area contributed by atoms with E-state index in [2.05, 4.69) is 0 Å². The summed E-state index contributed by atoms with van der Waals surface area (Å²) in [4.78, 5) is 21.6. The van der Waals surface area contributed by atoms with Gasteiger partial charge in [-0.3, -0.25) is 10.1 Å². The molecule has 0 aliphatic rings. The summed E-state index contributed by atoms with van der Waals surface area (Å²) < 4.78 is 5.16. The molecule has 0 N–H and O–H groups in total. The molecular weight excluding hydrogens is 234 g/mol. The summed E-state index contributed by atoms with van der Waals surface area (Å²) in [6.45, 7) is 5.59. The smallest absolute Gasteiger partial charge is 0.338 e. The van der Waals surface area contributed by atoms with Crippen LogP contribution in [0.2, 0.25) is 0 Å². The summed E-state index contributed by atoms with van der Waals surface area (Å²) in [7, 11) is 0. The molecule has 0 radical (unpaired) electrons. The van der Waals surface area contributed by atoms with Crippen molar-refractivity contribution in [1.29, 1.82) is 0 Å². The number of carbonyl (C=O) groups is 1. The zero-order chi connectivity index (χ0) is 13.7. The van der Waals surface area contributed by atoms with Crippen LogP contribution in [-0.2, 0) is 4.74 Å². The van der Waals surface area contributed by atoms with Crippen molar-refractivity contribution < 1.29 is 14.5 Å². The van der Waals surface area contributed by atoms with Crippen LogP contribution in [0.5, 0.6) is 0 Å². The van der Waals surface area contributed by atoms with E-state index in [1.165, 1.54) is 24.3 Å². The molecule has 0 spiro atoms. The number of nitrogens with zero attached hydrogens (tertiary/aromatic N) is 1. The topological polar surface area (TPSA) is 69.4 Å². The van der Waals surface area contributed by atoms with Crippen molar-refractivity contribution in [2.45, 2.75) is 26.9 Å². The van der Waals surface area contributed by atoms with Crippen LogP contribution in [0.1, 0.15) is 31.1 Å². The number of allylic oxidation sites excluding steroid dienone is 1. The lowest BCUT2D eigenvalue weighted by atomic mass is 10.2. The van der Waals surface area contributed by atoms with E-state index in [9.17, 15) is 14.9 Å². The van der Waals surface area contributed by atoms with Crippen molar-refractivity contribution in [2.24, 2.45) is 0 Å². The van der Waals surface area contributed by atoms with Crippen LogP contribution in [0.25, 0.3) is 0 Å². The van der Waals surface area contributed by atoms with Gasteiger partial charge in [0.05, 0.1) is 10.5 Å². The van der Waals surface area contributed by atoms with E-state index in [1.807, 2.05) is 19.9 Å². The second kappa shape index (κ2) is 5.95. The highest BCUT2D eigenvalue weighted by Crippen LogP contribution is 2.13. The molecule has 0 fully saturated rings. The first-order valence-electron chi connectivity index (χ1n) is 5.50. The van der Waals surface area contributed by atoms with E-state index >= 15 is 0 Å². The Labute approximate surface area is 105 Å². The molecule has 5 nitrogen and oxygen atoms in total. The summed E-state index contributed by atoms with van der Waals surface area (Å²) in [5.41, 5.74) is 1.30. The predicted molar refractivity (Wildman–Crippen MR) is 67.4 cm³/mol. The first kappa shape index (κ1) is 13.9. The lowest BCUT2D eigenvalue weighted by Gasteiger charge is -2.09. The first-order valence-corrected chi connectivity index (χ1v) is 5.50. The number of esters is 1. The van der Waals surface area contributed by atoms with E-state index in [4.69, 9.17) is 4.74 Å². The van der Waals surface area contributed by atoms with E-state index in [1.54, 1.807) is 6.92 Å². The number of ether oxygens (including phenoxy) is 1. The van der Waals surface area contributed by atoms with E-state index < -0.39 is 10.9 Å². The van der Waals surface area contributed by atoms with Gasteiger partial charge in [0.25, 0.3) is 5.69 Å². The third-order valence-electron chi connectivity index (χ3n) is 2.17. The zero-order valence-corrected chi connectivity index (χ0v) is 10.5. The Morgan fingerprint density at radius 2 is 1.89 bits per heavy atom. The third kappa shape index (κ3) is 4.01. The summed E-state index contributed by atoms with van der Waals surface area (Å²) in [6, 6.07) is 5.33. The van der Waals surface area contributed by atoms with Gasteiger partial charge in [0.2, 0.25) is 0 Å². The highest BCUT2D eigenvalue weighted by molar-refractivity contribution is 5.89. The Bertz CT molecular complexity index is 472. The zero-order valence-electron chi connectivity index (χ0n) is 10.5. The Hall–Kier alpha value is -2.17. The predicted octanol–water partition coefficient (Wildman–Crippen LogP) is 3.11. The van der Waals surface area contributed by atoms with Crippen LogP contribution in [0.15, 0.2) is 35.9 Å². The van der Waals surface area contributed by atoms with Crippen LogP contribution in [0, 0.1) is 10.1 Å². The fourth-order valence-corrected chi connectivity index (χ4v) is 1.46. The van der Waals surface area contributed by atoms with Gasteiger partial charge in [0.1, 0.15) is 6.10 Å². The molecule has 0 aliphatic heterocycles. The fraction of sp³-hybridized carbons (Fsp3) is 0.308. The molecule has 0 amide bonds. The number of nitro groups is 1. The third-order valence-corrected chi connectivity index (χ3v) is 2.17. The molecule has 1 aromatic carbocycles. The van der Waals surface area contributed by atoms with Gasteiger partial charge in [-0.1, -0.05) is 5.57 Å². The first-order chi connectivity index (χ1) is 8.40. The van der Waals surface area contributed by atoms with Crippen LogP contribution in [-0.4, -0.2) is 17.0 Å². The van der Waals surface area contributed by atoms with Gasteiger partial charge < -0.3 is 4.74 Å². The van der Waals surface area contributed by atoms with Gasteiger partial charge in [0, 0.05) is 12.1 Å². The number of hydrogen-bond donors (Lipinski definition) is 0. The number of carbonyl (C=O) groups excluding carboxylic acids is 1. The van der Waals surface area contributed by atoms with Crippen molar-refractivity contribution in [1.82, 2.24) is 0 Å². The van der Waals surface area contributed by atoms with Crippen LogP contribution in [0.3, 0.4) is 0 Å². The maximum Gasteiger partial charge on any atom is 0.338 e. The molecule has 96 valence electrons.